The summed E-state index contributed by atoms with van der Waals surface area (Å²) in [7, 11) is 1.79. The van der Waals surface area contributed by atoms with E-state index in [9.17, 15) is 0 Å². The number of benzene rings is 1. The van der Waals surface area contributed by atoms with Crippen LogP contribution in [0.2, 0.25) is 0 Å². The van der Waals surface area contributed by atoms with E-state index in [0.29, 0.717) is 13.2 Å². The van der Waals surface area contributed by atoms with Crippen molar-refractivity contribution in [2.45, 2.75) is 19.4 Å². The minimum absolute atomic E-state index is 0. The molecule has 0 unspecified atom stereocenters. The Labute approximate surface area is 161 Å². The molecule has 0 saturated heterocycles. The van der Waals surface area contributed by atoms with Crippen LogP contribution in [0, 0.1) is 0 Å². The van der Waals surface area contributed by atoms with Crippen molar-refractivity contribution in [3.8, 4) is 5.75 Å². The van der Waals surface area contributed by atoms with Gasteiger partial charge in [-0.15, -0.1) is 24.0 Å². The number of para-hydroxylation sites is 1. The molecule has 2 N–H and O–H groups in total. The fourth-order valence-electron chi connectivity index (χ4n) is 1.92. The summed E-state index contributed by atoms with van der Waals surface area (Å²) in [5.74, 6) is 2.91. The van der Waals surface area contributed by atoms with E-state index >= 15 is 0 Å². The number of hydrogen-bond acceptors (Lipinski definition) is 3. The van der Waals surface area contributed by atoms with Crippen LogP contribution >= 0.6 is 35.7 Å². The number of aliphatic imine (C=N–C) groups is 1. The van der Waals surface area contributed by atoms with Gasteiger partial charge in [-0.3, -0.25) is 4.99 Å². The standard InChI is InChI=1S/C17H27N3OS.HI/c1-4-12-21-16-10-6-5-9-15(16)14-20-17(18-2)19-11-7-8-13-22-3;/h4-6,9-10H,1,7-8,11-14H2,2-3H3,(H2,18,19,20);1H. The minimum atomic E-state index is 0. The highest BCUT2D eigenvalue weighted by atomic mass is 127. The SMILES string of the molecule is C=CCOc1ccccc1CNC(=NC)NCCCCSC.I. The number of halogens is 1. The maximum absolute atomic E-state index is 5.66. The summed E-state index contributed by atoms with van der Waals surface area (Å²) in [6.45, 7) is 5.81. The fourth-order valence-corrected chi connectivity index (χ4v) is 2.41. The maximum atomic E-state index is 5.66. The molecule has 6 heteroatoms. The second kappa shape index (κ2) is 14.7. The molecule has 1 aromatic rings. The first-order chi connectivity index (χ1) is 10.8. The molecule has 0 bridgehead atoms. The normalized spacial score (nSPS) is 10.6. The van der Waals surface area contributed by atoms with E-state index in [1.165, 1.54) is 12.2 Å². The van der Waals surface area contributed by atoms with Gasteiger partial charge in [0.25, 0.3) is 0 Å². The third-order valence-corrected chi connectivity index (χ3v) is 3.76. The van der Waals surface area contributed by atoms with Crippen LogP contribution in [0.4, 0.5) is 0 Å². The largest absolute Gasteiger partial charge is 0.489 e. The van der Waals surface area contributed by atoms with Crippen molar-refractivity contribution < 1.29 is 4.74 Å². The summed E-state index contributed by atoms with van der Waals surface area (Å²) in [6, 6.07) is 8.01. The smallest absolute Gasteiger partial charge is 0.191 e. The van der Waals surface area contributed by atoms with E-state index < -0.39 is 0 Å². The second-order valence-electron chi connectivity index (χ2n) is 4.76. The Hall–Kier alpha value is -0.890. The molecule has 130 valence electrons. The van der Waals surface area contributed by atoms with Gasteiger partial charge in [0.15, 0.2) is 5.96 Å². The lowest BCUT2D eigenvalue weighted by Gasteiger charge is -2.14. The first kappa shape index (κ1) is 22.1. The molecule has 0 aliphatic carbocycles. The molecule has 0 atom stereocenters. The molecule has 0 aliphatic heterocycles. The van der Waals surface area contributed by atoms with E-state index in [4.69, 9.17) is 4.74 Å². The average Bonchev–Trinajstić information content (AvgIpc) is 2.56. The lowest BCUT2D eigenvalue weighted by molar-refractivity contribution is 0.358. The predicted octanol–water partition coefficient (Wildman–Crippen LogP) is 3.68. The second-order valence-corrected chi connectivity index (χ2v) is 5.75. The Kier molecular flexibility index (Phi) is 14.1. The monoisotopic (exact) mass is 449 g/mol. The Balaban J connectivity index is 0.00000484. The van der Waals surface area contributed by atoms with Crippen LogP contribution < -0.4 is 15.4 Å². The van der Waals surface area contributed by atoms with Gasteiger partial charge < -0.3 is 15.4 Å². The molecular formula is C17H28IN3OS. The van der Waals surface area contributed by atoms with Gasteiger partial charge in [-0.1, -0.05) is 30.9 Å². The van der Waals surface area contributed by atoms with Gasteiger partial charge in [0.1, 0.15) is 12.4 Å². The molecule has 0 aliphatic rings. The maximum Gasteiger partial charge on any atom is 0.191 e. The van der Waals surface area contributed by atoms with E-state index in [1.54, 1.807) is 13.1 Å². The van der Waals surface area contributed by atoms with Crippen molar-refractivity contribution in [3.05, 3.63) is 42.5 Å². The molecule has 0 spiro atoms. The molecular weight excluding hydrogens is 421 g/mol. The topological polar surface area (TPSA) is 45.6 Å². The van der Waals surface area contributed by atoms with Crippen LogP contribution in [0.5, 0.6) is 5.75 Å². The van der Waals surface area contributed by atoms with Gasteiger partial charge in [0, 0.05) is 25.7 Å². The van der Waals surface area contributed by atoms with Gasteiger partial charge in [-0.05, 0) is 30.9 Å². The molecule has 0 saturated carbocycles. The Bertz CT molecular complexity index is 469. The van der Waals surface area contributed by atoms with Gasteiger partial charge in [-0.25, -0.2) is 0 Å². The summed E-state index contributed by atoms with van der Waals surface area (Å²) >= 11 is 1.89. The average molecular weight is 449 g/mol. The Morgan fingerprint density at radius 3 is 2.78 bits per heavy atom. The third kappa shape index (κ3) is 9.76. The number of nitrogens with zero attached hydrogens (tertiary/aromatic N) is 1. The van der Waals surface area contributed by atoms with E-state index in [2.05, 4.69) is 34.5 Å². The third-order valence-electron chi connectivity index (χ3n) is 3.07. The number of rotatable bonds is 10. The first-order valence-electron chi connectivity index (χ1n) is 7.57. The predicted molar refractivity (Wildman–Crippen MR) is 113 cm³/mol. The van der Waals surface area contributed by atoms with Crippen molar-refractivity contribution >= 4 is 41.7 Å². The highest BCUT2D eigenvalue weighted by Gasteiger charge is 2.03. The summed E-state index contributed by atoms with van der Waals surface area (Å²) in [6.07, 6.45) is 6.27. The van der Waals surface area contributed by atoms with E-state index in [0.717, 1.165) is 30.2 Å². The zero-order chi connectivity index (χ0) is 16.0. The molecule has 23 heavy (non-hydrogen) atoms. The van der Waals surface area contributed by atoms with Crippen LogP contribution in [-0.2, 0) is 6.54 Å². The number of nitrogens with one attached hydrogen (secondary N) is 2. The van der Waals surface area contributed by atoms with E-state index in [1.807, 2.05) is 30.0 Å². The van der Waals surface area contributed by atoms with Gasteiger partial charge in [0.2, 0.25) is 0 Å². The number of guanidine groups is 1. The summed E-state index contributed by atoms with van der Waals surface area (Å²) in [4.78, 5) is 4.24. The lowest BCUT2D eigenvalue weighted by Crippen LogP contribution is -2.37. The van der Waals surface area contributed by atoms with Crippen molar-refractivity contribution in [1.29, 1.82) is 0 Å². The highest BCUT2D eigenvalue weighted by molar-refractivity contribution is 14.0. The number of thioether (sulfide) groups is 1. The Morgan fingerprint density at radius 1 is 1.30 bits per heavy atom. The van der Waals surface area contributed by atoms with Crippen LogP contribution in [0.3, 0.4) is 0 Å². The van der Waals surface area contributed by atoms with Gasteiger partial charge >= 0.3 is 0 Å². The van der Waals surface area contributed by atoms with Gasteiger partial charge in [-0.2, -0.15) is 11.8 Å². The molecule has 0 amide bonds. The molecule has 1 aromatic carbocycles. The molecule has 0 aromatic heterocycles. The molecule has 0 heterocycles. The molecule has 0 fully saturated rings. The van der Waals surface area contributed by atoms with Crippen molar-refractivity contribution in [2.75, 3.05) is 32.2 Å². The van der Waals surface area contributed by atoms with Crippen molar-refractivity contribution in [2.24, 2.45) is 4.99 Å². The fraction of sp³-hybridized carbons (Fsp3) is 0.471. The van der Waals surface area contributed by atoms with Crippen molar-refractivity contribution in [1.82, 2.24) is 10.6 Å². The Morgan fingerprint density at radius 2 is 2.09 bits per heavy atom. The van der Waals surface area contributed by atoms with E-state index in [-0.39, 0.29) is 24.0 Å². The zero-order valence-electron chi connectivity index (χ0n) is 14.0. The van der Waals surface area contributed by atoms with Crippen LogP contribution in [0.1, 0.15) is 18.4 Å². The van der Waals surface area contributed by atoms with Crippen LogP contribution in [0.25, 0.3) is 0 Å². The molecule has 4 nitrogen and oxygen atoms in total. The summed E-state index contributed by atoms with van der Waals surface area (Å²) < 4.78 is 5.66. The van der Waals surface area contributed by atoms with Gasteiger partial charge in [0.05, 0.1) is 0 Å². The number of ether oxygens (including phenoxy) is 1. The number of hydrogen-bond donors (Lipinski definition) is 2. The van der Waals surface area contributed by atoms with Crippen molar-refractivity contribution in [3.63, 3.8) is 0 Å². The molecule has 0 radical (unpaired) electrons. The van der Waals surface area contributed by atoms with Crippen LogP contribution in [-0.4, -0.2) is 38.2 Å². The quantitative estimate of drug-likeness (QED) is 0.188. The molecule has 1 rings (SSSR count). The first-order valence-corrected chi connectivity index (χ1v) is 8.96. The van der Waals surface area contributed by atoms with Crippen LogP contribution in [0.15, 0.2) is 41.9 Å². The summed E-state index contributed by atoms with van der Waals surface area (Å²) in [5, 5.41) is 6.66. The zero-order valence-corrected chi connectivity index (χ0v) is 17.2. The number of unbranched alkanes of at least 4 members (excludes halogenated alkanes) is 1. The highest BCUT2D eigenvalue weighted by Crippen LogP contribution is 2.17. The summed E-state index contributed by atoms with van der Waals surface area (Å²) in [5.41, 5.74) is 1.11. The lowest BCUT2D eigenvalue weighted by atomic mass is 10.2. The minimum Gasteiger partial charge on any atom is -0.489 e.